The lowest BCUT2D eigenvalue weighted by molar-refractivity contribution is 0.571. The quantitative estimate of drug-likeness (QED) is 0.360. The summed E-state index contributed by atoms with van der Waals surface area (Å²) in [6.45, 7) is 0. The minimum absolute atomic E-state index is 0.222. The number of fused-ring (bicyclic) bond motifs is 1. The maximum Gasteiger partial charge on any atom is 0.291 e. The fraction of sp³-hybridized carbons (Fsp3) is 0. The van der Waals surface area contributed by atoms with E-state index in [9.17, 15) is 4.79 Å². The zero-order valence-electron chi connectivity index (χ0n) is 14.7. The minimum atomic E-state index is -0.222. The molecule has 5 nitrogen and oxygen atoms in total. The van der Waals surface area contributed by atoms with Gasteiger partial charge < -0.3 is 4.42 Å². The van der Waals surface area contributed by atoms with Crippen LogP contribution < -0.4 is 10.1 Å². The Morgan fingerprint density at radius 2 is 1.86 bits per heavy atom. The number of hydrogen-bond acceptors (Lipinski definition) is 5. The van der Waals surface area contributed by atoms with E-state index in [0.717, 1.165) is 15.6 Å². The number of nitrogens with zero attached hydrogens (tertiary/aromatic N) is 3. The number of halogens is 2. The second kappa shape index (κ2) is 7.26. The zero-order chi connectivity index (χ0) is 20.0. The lowest BCUT2D eigenvalue weighted by Gasteiger charge is -1.97. The molecule has 29 heavy (non-hydrogen) atoms. The van der Waals surface area contributed by atoms with Crippen molar-refractivity contribution in [1.29, 1.82) is 0 Å². The summed E-state index contributed by atoms with van der Waals surface area (Å²) in [6, 6.07) is 18.7. The van der Waals surface area contributed by atoms with Gasteiger partial charge in [0.1, 0.15) is 16.1 Å². The summed E-state index contributed by atoms with van der Waals surface area (Å²) in [5, 5.41) is 5.04. The van der Waals surface area contributed by atoms with Crippen LogP contribution in [0.15, 0.2) is 74.3 Å². The van der Waals surface area contributed by atoms with Crippen molar-refractivity contribution in [3.63, 3.8) is 0 Å². The molecule has 0 amide bonds. The Hall–Kier alpha value is -2.74. The van der Waals surface area contributed by atoms with Gasteiger partial charge in [0.25, 0.3) is 5.56 Å². The van der Waals surface area contributed by atoms with Gasteiger partial charge in [0.2, 0.25) is 4.96 Å². The molecule has 0 N–H and O–H groups in total. The second-order valence-corrected chi connectivity index (χ2v) is 8.53. The van der Waals surface area contributed by atoms with Gasteiger partial charge in [-0.15, -0.1) is 5.10 Å². The standard InChI is InChI=1S/C21H11BrClN3O2S/c22-16-4-2-1-3-15(16)19-24-21-26(25-19)20(27)18(29-21)11-14-9-10-17(28-14)12-5-7-13(23)8-6-12/h1-11H/b18-11-. The predicted octanol–water partition coefficient (Wildman–Crippen LogP) is 5.04. The highest BCUT2D eigenvalue weighted by molar-refractivity contribution is 9.10. The van der Waals surface area contributed by atoms with Gasteiger partial charge in [-0.2, -0.15) is 9.50 Å². The summed E-state index contributed by atoms with van der Waals surface area (Å²) in [4.78, 5) is 17.8. The molecule has 0 atom stereocenters. The number of hydrogen-bond donors (Lipinski definition) is 0. The summed E-state index contributed by atoms with van der Waals surface area (Å²) in [7, 11) is 0. The van der Waals surface area contributed by atoms with Crippen LogP contribution in [0.5, 0.6) is 0 Å². The van der Waals surface area contributed by atoms with Crippen LogP contribution in [0.25, 0.3) is 33.7 Å². The van der Waals surface area contributed by atoms with E-state index >= 15 is 0 Å². The monoisotopic (exact) mass is 483 g/mol. The van der Waals surface area contributed by atoms with E-state index in [-0.39, 0.29) is 5.56 Å². The van der Waals surface area contributed by atoms with Gasteiger partial charge in [-0.1, -0.05) is 51.0 Å². The molecule has 142 valence electrons. The van der Waals surface area contributed by atoms with E-state index in [1.165, 1.54) is 15.9 Å². The molecule has 0 fully saturated rings. The molecular formula is C21H11BrClN3O2S. The lowest BCUT2D eigenvalue weighted by atomic mass is 10.2. The number of thiazole rings is 1. The predicted molar refractivity (Wildman–Crippen MR) is 118 cm³/mol. The highest BCUT2D eigenvalue weighted by atomic mass is 79.9. The molecule has 0 bridgehead atoms. The van der Waals surface area contributed by atoms with Crippen LogP contribution in [-0.4, -0.2) is 14.6 Å². The van der Waals surface area contributed by atoms with E-state index in [1.807, 2.05) is 48.5 Å². The molecule has 0 saturated heterocycles. The third-order valence-corrected chi connectivity index (χ3v) is 6.23. The molecule has 5 rings (SSSR count). The van der Waals surface area contributed by atoms with Crippen molar-refractivity contribution >= 4 is 49.9 Å². The molecule has 0 unspecified atom stereocenters. The Kier molecular flexibility index (Phi) is 4.58. The van der Waals surface area contributed by atoms with Crippen LogP contribution in [0.3, 0.4) is 0 Å². The van der Waals surface area contributed by atoms with Crippen molar-refractivity contribution in [2.24, 2.45) is 0 Å². The first kappa shape index (κ1) is 18.3. The normalized spacial score (nSPS) is 12.1. The molecule has 3 heterocycles. The Morgan fingerprint density at radius 3 is 2.62 bits per heavy atom. The van der Waals surface area contributed by atoms with Gasteiger partial charge >= 0.3 is 0 Å². The molecule has 0 radical (unpaired) electrons. The van der Waals surface area contributed by atoms with Gasteiger partial charge in [-0.3, -0.25) is 4.79 Å². The largest absolute Gasteiger partial charge is 0.457 e. The van der Waals surface area contributed by atoms with Crippen molar-refractivity contribution in [1.82, 2.24) is 14.6 Å². The summed E-state index contributed by atoms with van der Waals surface area (Å²) >= 11 is 10.7. The van der Waals surface area contributed by atoms with Crippen LogP contribution in [0, 0.1) is 0 Å². The van der Waals surface area contributed by atoms with Crippen LogP contribution in [-0.2, 0) is 0 Å². The van der Waals surface area contributed by atoms with Gasteiger partial charge in [0.15, 0.2) is 5.82 Å². The number of rotatable bonds is 3. The van der Waals surface area contributed by atoms with E-state index in [1.54, 1.807) is 18.2 Å². The highest BCUT2D eigenvalue weighted by Gasteiger charge is 2.14. The third-order valence-electron chi connectivity index (χ3n) is 4.33. The SMILES string of the molecule is O=c1/c(=C/c2ccc(-c3ccc(Cl)cc3)o2)sc2nc(-c3ccccc3Br)nn12. The van der Waals surface area contributed by atoms with Crippen molar-refractivity contribution in [3.05, 3.63) is 90.8 Å². The van der Waals surface area contributed by atoms with E-state index in [4.69, 9.17) is 16.0 Å². The van der Waals surface area contributed by atoms with Crippen LogP contribution >= 0.6 is 38.9 Å². The van der Waals surface area contributed by atoms with Crippen LogP contribution in [0.4, 0.5) is 0 Å². The Balaban J connectivity index is 1.53. The van der Waals surface area contributed by atoms with Crippen molar-refractivity contribution < 1.29 is 4.42 Å². The summed E-state index contributed by atoms with van der Waals surface area (Å²) in [5.74, 6) is 1.80. The van der Waals surface area contributed by atoms with E-state index in [2.05, 4.69) is 26.0 Å². The van der Waals surface area contributed by atoms with Crippen LogP contribution in [0.1, 0.15) is 5.76 Å². The minimum Gasteiger partial charge on any atom is -0.457 e. The van der Waals surface area contributed by atoms with Gasteiger partial charge in [0, 0.05) is 26.7 Å². The van der Waals surface area contributed by atoms with Gasteiger partial charge in [-0.05, 0) is 48.5 Å². The first-order valence-corrected chi connectivity index (χ1v) is 10.6. The molecule has 0 aliphatic heterocycles. The number of benzene rings is 2. The first-order valence-electron chi connectivity index (χ1n) is 8.60. The second-order valence-electron chi connectivity index (χ2n) is 6.23. The smallest absolute Gasteiger partial charge is 0.291 e. The molecule has 0 aliphatic rings. The Labute approximate surface area is 182 Å². The average molecular weight is 485 g/mol. The van der Waals surface area contributed by atoms with Crippen molar-refractivity contribution in [3.8, 4) is 22.7 Å². The van der Waals surface area contributed by atoms with Crippen molar-refractivity contribution in [2.45, 2.75) is 0 Å². The Morgan fingerprint density at radius 1 is 1.07 bits per heavy atom. The molecule has 0 saturated carbocycles. The summed E-state index contributed by atoms with van der Waals surface area (Å²) < 4.78 is 8.58. The molecular weight excluding hydrogens is 474 g/mol. The average Bonchev–Trinajstić information content (AvgIpc) is 3.41. The molecule has 8 heteroatoms. The molecule has 0 spiro atoms. The van der Waals surface area contributed by atoms with Gasteiger partial charge in [-0.25, -0.2) is 0 Å². The fourth-order valence-corrected chi connectivity index (χ4v) is 4.40. The van der Waals surface area contributed by atoms with Crippen LogP contribution in [0.2, 0.25) is 5.02 Å². The topological polar surface area (TPSA) is 60.4 Å². The molecule has 3 aromatic heterocycles. The molecule has 2 aromatic carbocycles. The number of furan rings is 1. The summed E-state index contributed by atoms with van der Waals surface area (Å²) in [6.07, 6.45) is 1.71. The maximum absolute atomic E-state index is 12.7. The first-order chi connectivity index (χ1) is 14.1. The summed E-state index contributed by atoms with van der Waals surface area (Å²) in [5.41, 5.74) is 1.53. The van der Waals surface area contributed by atoms with E-state index < -0.39 is 0 Å². The van der Waals surface area contributed by atoms with Crippen molar-refractivity contribution in [2.75, 3.05) is 0 Å². The fourth-order valence-electron chi connectivity index (χ4n) is 2.92. The molecule has 0 aliphatic carbocycles. The zero-order valence-corrected chi connectivity index (χ0v) is 17.8. The Bertz CT molecular complexity index is 1450. The molecule has 5 aromatic rings. The maximum atomic E-state index is 12.7. The lowest BCUT2D eigenvalue weighted by Crippen LogP contribution is -2.23. The highest BCUT2D eigenvalue weighted by Crippen LogP contribution is 2.26. The van der Waals surface area contributed by atoms with Gasteiger partial charge in [0.05, 0.1) is 0 Å². The third kappa shape index (κ3) is 3.42. The van der Waals surface area contributed by atoms with E-state index in [0.29, 0.717) is 31.9 Å². The number of aromatic nitrogens is 3.